The number of hydrogen-bond donors (Lipinski definition) is 1. The van der Waals surface area contributed by atoms with Gasteiger partial charge in [-0.1, -0.05) is 13.0 Å². The van der Waals surface area contributed by atoms with Gasteiger partial charge in [0.05, 0.1) is 12.2 Å². The second-order valence-electron chi connectivity index (χ2n) is 5.94. The summed E-state index contributed by atoms with van der Waals surface area (Å²) < 4.78 is 25.7. The molecule has 0 amide bonds. The standard InChI is InChI=1S/C17H26FNO2/c1-5-19-13(4)14-6-7-17(16(18)10-14)21-15-8-11(2)20-12(3)9-15/h6-7,10-13,15,19H,5,8-9H2,1-4H3. The van der Waals surface area contributed by atoms with Gasteiger partial charge in [-0.25, -0.2) is 4.39 Å². The summed E-state index contributed by atoms with van der Waals surface area (Å²) in [7, 11) is 0. The lowest BCUT2D eigenvalue weighted by Gasteiger charge is -2.32. The molecule has 21 heavy (non-hydrogen) atoms. The van der Waals surface area contributed by atoms with E-state index in [0.717, 1.165) is 24.9 Å². The smallest absolute Gasteiger partial charge is 0.165 e. The number of rotatable bonds is 5. The molecule has 3 unspecified atom stereocenters. The fourth-order valence-corrected chi connectivity index (χ4v) is 2.93. The summed E-state index contributed by atoms with van der Waals surface area (Å²) in [6.45, 7) is 8.99. The topological polar surface area (TPSA) is 30.5 Å². The van der Waals surface area contributed by atoms with E-state index in [4.69, 9.17) is 9.47 Å². The lowest BCUT2D eigenvalue weighted by Crippen LogP contribution is -2.35. The van der Waals surface area contributed by atoms with Crippen LogP contribution >= 0.6 is 0 Å². The van der Waals surface area contributed by atoms with Gasteiger partial charge in [0.25, 0.3) is 0 Å². The van der Waals surface area contributed by atoms with Crippen molar-refractivity contribution in [2.45, 2.75) is 64.9 Å². The lowest BCUT2D eigenvalue weighted by molar-refractivity contribution is -0.0727. The van der Waals surface area contributed by atoms with Crippen LogP contribution in [0, 0.1) is 5.82 Å². The van der Waals surface area contributed by atoms with Crippen LogP contribution in [0.1, 0.15) is 52.1 Å². The van der Waals surface area contributed by atoms with Crippen LogP contribution in [-0.4, -0.2) is 24.9 Å². The molecule has 0 bridgehead atoms. The van der Waals surface area contributed by atoms with Gasteiger partial charge < -0.3 is 14.8 Å². The predicted octanol–water partition coefficient (Wildman–Crippen LogP) is 3.83. The maximum absolute atomic E-state index is 14.2. The quantitative estimate of drug-likeness (QED) is 0.895. The van der Waals surface area contributed by atoms with E-state index in [-0.39, 0.29) is 30.2 Å². The molecule has 3 atom stereocenters. The summed E-state index contributed by atoms with van der Waals surface area (Å²) in [5, 5.41) is 3.28. The van der Waals surface area contributed by atoms with Crippen molar-refractivity contribution in [2.75, 3.05) is 6.54 Å². The minimum absolute atomic E-state index is 0.0234. The van der Waals surface area contributed by atoms with Crippen LogP contribution in [-0.2, 0) is 4.74 Å². The Hall–Kier alpha value is -1.13. The highest BCUT2D eigenvalue weighted by molar-refractivity contribution is 5.31. The Balaban J connectivity index is 2.03. The van der Waals surface area contributed by atoms with Crippen molar-refractivity contribution in [1.82, 2.24) is 5.32 Å². The van der Waals surface area contributed by atoms with E-state index in [0.29, 0.717) is 5.75 Å². The van der Waals surface area contributed by atoms with Crippen molar-refractivity contribution in [3.63, 3.8) is 0 Å². The first-order valence-corrected chi connectivity index (χ1v) is 7.84. The summed E-state index contributed by atoms with van der Waals surface area (Å²) in [5.41, 5.74) is 0.940. The van der Waals surface area contributed by atoms with Crippen molar-refractivity contribution in [3.8, 4) is 5.75 Å². The molecule has 0 aromatic heterocycles. The summed E-state index contributed by atoms with van der Waals surface area (Å²) in [5.74, 6) is 0.0535. The van der Waals surface area contributed by atoms with Crippen molar-refractivity contribution in [1.29, 1.82) is 0 Å². The van der Waals surface area contributed by atoms with Gasteiger partial charge in [0.1, 0.15) is 6.10 Å². The Bertz CT molecular complexity index is 456. The molecule has 0 aliphatic carbocycles. The van der Waals surface area contributed by atoms with E-state index in [2.05, 4.69) is 5.32 Å². The first-order valence-electron chi connectivity index (χ1n) is 7.84. The summed E-state index contributed by atoms with van der Waals surface area (Å²) in [6, 6.07) is 5.37. The molecular weight excluding hydrogens is 269 g/mol. The van der Waals surface area contributed by atoms with Crippen LogP contribution < -0.4 is 10.1 Å². The van der Waals surface area contributed by atoms with Gasteiger partial charge in [-0.05, 0) is 45.0 Å². The Morgan fingerprint density at radius 2 is 2.00 bits per heavy atom. The molecule has 0 spiro atoms. The molecule has 1 aromatic rings. The molecule has 0 saturated carbocycles. The van der Waals surface area contributed by atoms with Gasteiger partial charge in [0.2, 0.25) is 0 Å². The van der Waals surface area contributed by atoms with E-state index in [9.17, 15) is 4.39 Å². The molecule has 4 heteroatoms. The van der Waals surface area contributed by atoms with Crippen molar-refractivity contribution < 1.29 is 13.9 Å². The largest absolute Gasteiger partial charge is 0.487 e. The zero-order valence-corrected chi connectivity index (χ0v) is 13.4. The fourth-order valence-electron chi connectivity index (χ4n) is 2.93. The molecule has 0 radical (unpaired) electrons. The second kappa shape index (κ2) is 7.23. The number of halogens is 1. The monoisotopic (exact) mass is 295 g/mol. The van der Waals surface area contributed by atoms with E-state index < -0.39 is 0 Å². The summed E-state index contributed by atoms with van der Waals surface area (Å²) in [6.07, 6.45) is 1.96. The lowest BCUT2D eigenvalue weighted by atomic mass is 10.0. The average Bonchev–Trinajstić information content (AvgIpc) is 2.40. The third kappa shape index (κ3) is 4.42. The normalized spacial score (nSPS) is 27.4. The third-order valence-electron chi connectivity index (χ3n) is 3.91. The van der Waals surface area contributed by atoms with Gasteiger partial charge in [-0.2, -0.15) is 0 Å². The van der Waals surface area contributed by atoms with Crippen LogP contribution in [0.2, 0.25) is 0 Å². The SMILES string of the molecule is CCNC(C)c1ccc(OC2CC(C)OC(C)C2)c(F)c1. The van der Waals surface area contributed by atoms with E-state index in [1.54, 1.807) is 12.1 Å². The van der Waals surface area contributed by atoms with Crippen molar-refractivity contribution >= 4 is 0 Å². The molecular formula is C17H26FNO2. The van der Waals surface area contributed by atoms with E-state index >= 15 is 0 Å². The molecule has 1 saturated heterocycles. The molecule has 1 aliphatic rings. The van der Waals surface area contributed by atoms with Gasteiger partial charge >= 0.3 is 0 Å². The Kier molecular flexibility index (Phi) is 5.59. The highest BCUT2D eigenvalue weighted by atomic mass is 19.1. The molecule has 1 aromatic carbocycles. The van der Waals surface area contributed by atoms with Crippen LogP contribution in [0.5, 0.6) is 5.75 Å². The van der Waals surface area contributed by atoms with E-state index in [1.807, 2.05) is 33.8 Å². The van der Waals surface area contributed by atoms with Gasteiger partial charge in [0, 0.05) is 18.9 Å². The van der Waals surface area contributed by atoms with Crippen LogP contribution in [0.3, 0.4) is 0 Å². The zero-order valence-electron chi connectivity index (χ0n) is 13.4. The molecule has 1 heterocycles. The first kappa shape index (κ1) is 16.2. The molecule has 1 fully saturated rings. The van der Waals surface area contributed by atoms with Gasteiger partial charge in [-0.15, -0.1) is 0 Å². The Morgan fingerprint density at radius 3 is 2.57 bits per heavy atom. The van der Waals surface area contributed by atoms with Crippen molar-refractivity contribution in [2.24, 2.45) is 0 Å². The molecule has 1 aliphatic heterocycles. The summed E-state index contributed by atoms with van der Waals surface area (Å²) >= 11 is 0. The predicted molar refractivity (Wildman–Crippen MR) is 82.2 cm³/mol. The van der Waals surface area contributed by atoms with Crippen LogP contribution in [0.4, 0.5) is 4.39 Å². The highest BCUT2D eigenvalue weighted by Crippen LogP contribution is 2.27. The second-order valence-corrected chi connectivity index (χ2v) is 5.94. The van der Waals surface area contributed by atoms with E-state index in [1.165, 1.54) is 0 Å². The minimum atomic E-state index is -0.288. The minimum Gasteiger partial charge on any atom is -0.487 e. The van der Waals surface area contributed by atoms with Crippen molar-refractivity contribution in [3.05, 3.63) is 29.6 Å². The molecule has 3 nitrogen and oxygen atoms in total. The zero-order chi connectivity index (χ0) is 15.4. The maximum atomic E-state index is 14.2. The number of benzene rings is 1. The van der Waals surface area contributed by atoms with Crippen LogP contribution in [0.15, 0.2) is 18.2 Å². The Morgan fingerprint density at radius 1 is 1.33 bits per heavy atom. The van der Waals surface area contributed by atoms with Gasteiger partial charge in [-0.3, -0.25) is 0 Å². The van der Waals surface area contributed by atoms with Crippen LogP contribution in [0.25, 0.3) is 0 Å². The summed E-state index contributed by atoms with van der Waals surface area (Å²) in [4.78, 5) is 0. The van der Waals surface area contributed by atoms with Gasteiger partial charge in [0.15, 0.2) is 11.6 Å². The number of hydrogen-bond acceptors (Lipinski definition) is 3. The molecule has 118 valence electrons. The highest BCUT2D eigenvalue weighted by Gasteiger charge is 2.26. The molecule has 1 N–H and O–H groups in total. The number of ether oxygens (including phenoxy) is 2. The average molecular weight is 295 g/mol. The maximum Gasteiger partial charge on any atom is 0.165 e. The number of nitrogens with one attached hydrogen (secondary N) is 1. The third-order valence-corrected chi connectivity index (χ3v) is 3.91. The Labute approximate surface area is 126 Å². The first-order chi connectivity index (χ1) is 9.99. The molecule has 2 rings (SSSR count). The fraction of sp³-hybridized carbons (Fsp3) is 0.647.